The van der Waals surface area contributed by atoms with Crippen molar-refractivity contribution in [3.8, 4) is 0 Å². The van der Waals surface area contributed by atoms with E-state index in [9.17, 15) is 9.90 Å². The van der Waals surface area contributed by atoms with Crippen LogP contribution in [0, 0.1) is 11.8 Å². The van der Waals surface area contributed by atoms with Crippen LogP contribution >= 0.6 is 0 Å². The number of hydrogen-bond donors (Lipinski definition) is 2. The third-order valence-corrected chi connectivity index (χ3v) is 4.24. The van der Waals surface area contributed by atoms with Crippen molar-refractivity contribution in [2.45, 2.75) is 45.3 Å². The highest BCUT2D eigenvalue weighted by molar-refractivity contribution is 5.79. The summed E-state index contributed by atoms with van der Waals surface area (Å²) in [5.41, 5.74) is 0. The van der Waals surface area contributed by atoms with Gasteiger partial charge in [0.15, 0.2) is 0 Å². The van der Waals surface area contributed by atoms with Crippen LogP contribution in [-0.4, -0.2) is 47.7 Å². The van der Waals surface area contributed by atoms with Gasteiger partial charge < -0.3 is 15.3 Å². The van der Waals surface area contributed by atoms with Crippen LogP contribution in [0.3, 0.4) is 0 Å². The van der Waals surface area contributed by atoms with E-state index in [2.05, 4.69) is 19.2 Å². The smallest absolute Gasteiger partial charge is 0.227 e. The molecule has 0 aliphatic carbocycles. The van der Waals surface area contributed by atoms with E-state index < -0.39 is 0 Å². The van der Waals surface area contributed by atoms with E-state index in [0.717, 1.165) is 32.4 Å². The molecule has 4 heteroatoms. The summed E-state index contributed by atoms with van der Waals surface area (Å²) in [6.45, 7) is 6.33. The van der Waals surface area contributed by atoms with Gasteiger partial charge in [-0.15, -0.1) is 0 Å². The minimum atomic E-state index is -0.344. The molecular formula is C13H24N2O2. The van der Waals surface area contributed by atoms with Crippen LogP contribution in [0.4, 0.5) is 0 Å². The fraction of sp³-hybridized carbons (Fsp3) is 0.923. The maximum absolute atomic E-state index is 12.3. The highest BCUT2D eigenvalue weighted by Crippen LogP contribution is 2.22. The summed E-state index contributed by atoms with van der Waals surface area (Å²) in [7, 11) is 0. The fourth-order valence-electron chi connectivity index (χ4n) is 2.72. The first-order chi connectivity index (χ1) is 8.08. The Morgan fingerprint density at radius 3 is 2.65 bits per heavy atom. The predicted octanol–water partition coefficient (Wildman–Crippen LogP) is 0.604. The third-order valence-electron chi connectivity index (χ3n) is 4.24. The lowest BCUT2D eigenvalue weighted by molar-refractivity contribution is -0.140. The summed E-state index contributed by atoms with van der Waals surface area (Å²) in [6.07, 6.45) is 2.63. The Labute approximate surface area is 103 Å². The monoisotopic (exact) mass is 240 g/mol. The normalized spacial score (nSPS) is 39.1. The second-order valence-corrected chi connectivity index (χ2v) is 5.70. The minimum absolute atomic E-state index is 0.117. The average Bonchev–Trinajstić information content (AvgIpc) is 2.33. The van der Waals surface area contributed by atoms with Crippen molar-refractivity contribution in [2.75, 3.05) is 19.6 Å². The molecular weight excluding hydrogens is 216 g/mol. The molecule has 2 aliphatic heterocycles. The Morgan fingerprint density at radius 1 is 1.29 bits per heavy atom. The fourth-order valence-corrected chi connectivity index (χ4v) is 2.72. The lowest BCUT2D eigenvalue weighted by Gasteiger charge is -2.37. The van der Waals surface area contributed by atoms with Gasteiger partial charge in [-0.05, 0) is 32.1 Å². The number of aliphatic hydroxyl groups is 1. The number of amides is 1. The Balaban J connectivity index is 1.87. The van der Waals surface area contributed by atoms with Gasteiger partial charge in [0.25, 0.3) is 0 Å². The highest BCUT2D eigenvalue weighted by atomic mass is 16.3. The number of nitrogens with zero attached hydrogens (tertiary/aromatic N) is 1. The summed E-state index contributed by atoms with van der Waals surface area (Å²) in [5, 5.41) is 13.2. The van der Waals surface area contributed by atoms with E-state index in [1.807, 2.05) is 4.90 Å². The number of piperidine rings is 2. The molecule has 2 aliphatic rings. The van der Waals surface area contributed by atoms with Gasteiger partial charge in [0, 0.05) is 25.7 Å². The number of nitrogens with one attached hydrogen (secondary N) is 1. The molecule has 98 valence electrons. The topological polar surface area (TPSA) is 52.6 Å². The summed E-state index contributed by atoms with van der Waals surface area (Å²) >= 11 is 0. The van der Waals surface area contributed by atoms with Crippen molar-refractivity contribution in [3.05, 3.63) is 0 Å². The van der Waals surface area contributed by atoms with Crippen LogP contribution in [0.1, 0.15) is 33.1 Å². The summed E-state index contributed by atoms with van der Waals surface area (Å²) in [4.78, 5) is 14.1. The predicted molar refractivity (Wildman–Crippen MR) is 66.6 cm³/mol. The molecule has 0 bridgehead atoms. The standard InChI is InChI=1S/C13H24N2O2/c1-9-5-6-15(8-12(9)16)13(17)11-4-3-10(2)14-7-11/h9-12,14,16H,3-8H2,1-2H3. The molecule has 4 atom stereocenters. The molecule has 0 saturated carbocycles. The lowest BCUT2D eigenvalue weighted by atomic mass is 9.91. The van der Waals surface area contributed by atoms with E-state index in [-0.39, 0.29) is 17.9 Å². The first kappa shape index (κ1) is 12.8. The van der Waals surface area contributed by atoms with E-state index in [1.54, 1.807) is 0 Å². The Hall–Kier alpha value is -0.610. The van der Waals surface area contributed by atoms with Gasteiger partial charge in [-0.25, -0.2) is 0 Å². The van der Waals surface area contributed by atoms with E-state index in [0.29, 0.717) is 18.5 Å². The van der Waals surface area contributed by atoms with Crippen LogP contribution < -0.4 is 5.32 Å². The van der Waals surface area contributed by atoms with Crippen LogP contribution in [0.5, 0.6) is 0 Å². The van der Waals surface area contributed by atoms with Crippen molar-refractivity contribution in [3.63, 3.8) is 0 Å². The Kier molecular flexibility index (Phi) is 4.05. The zero-order chi connectivity index (χ0) is 12.4. The van der Waals surface area contributed by atoms with Crippen molar-refractivity contribution in [1.29, 1.82) is 0 Å². The number of hydrogen-bond acceptors (Lipinski definition) is 3. The minimum Gasteiger partial charge on any atom is -0.391 e. The van der Waals surface area contributed by atoms with Gasteiger partial charge in [0.2, 0.25) is 5.91 Å². The molecule has 2 saturated heterocycles. The van der Waals surface area contributed by atoms with Crippen molar-refractivity contribution in [2.24, 2.45) is 11.8 Å². The van der Waals surface area contributed by atoms with Gasteiger partial charge in [0.05, 0.1) is 12.0 Å². The van der Waals surface area contributed by atoms with Crippen molar-refractivity contribution >= 4 is 5.91 Å². The zero-order valence-electron chi connectivity index (χ0n) is 10.9. The summed E-state index contributed by atoms with van der Waals surface area (Å²) in [6, 6.07) is 0.533. The number of β-amino-alcohol motifs (C(OH)–C–C–N with tert-alkyl or cyclic N) is 1. The van der Waals surface area contributed by atoms with Crippen LogP contribution in [-0.2, 0) is 4.79 Å². The van der Waals surface area contributed by atoms with Gasteiger partial charge in [-0.3, -0.25) is 4.79 Å². The third kappa shape index (κ3) is 2.99. The van der Waals surface area contributed by atoms with E-state index in [1.165, 1.54) is 0 Å². The Bertz CT molecular complexity index is 275. The number of carbonyl (C=O) groups excluding carboxylic acids is 1. The molecule has 2 heterocycles. The summed E-state index contributed by atoms with van der Waals surface area (Å²) < 4.78 is 0. The van der Waals surface area contributed by atoms with Gasteiger partial charge >= 0.3 is 0 Å². The molecule has 17 heavy (non-hydrogen) atoms. The second kappa shape index (κ2) is 5.36. The number of carbonyl (C=O) groups is 1. The van der Waals surface area contributed by atoms with Gasteiger partial charge in [-0.2, -0.15) is 0 Å². The van der Waals surface area contributed by atoms with Crippen molar-refractivity contribution in [1.82, 2.24) is 10.2 Å². The number of aliphatic hydroxyl groups excluding tert-OH is 1. The molecule has 2 fully saturated rings. The largest absolute Gasteiger partial charge is 0.391 e. The van der Waals surface area contributed by atoms with E-state index in [4.69, 9.17) is 0 Å². The zero-order valence-corrected chi connectivity index (χ0v) is 10.9. The molecule has 0 aromatic carbocycles. The molecule has 1 amide bonds. The maximum Gasteiger partial charge on any atom is 0.227 e. The molecule has 2 rings (SSSR count). The summed E-state index contributed by atoms with van der Waals surface area (Å²) in [5.74, 6) is 0.672. The molecule has 0 radical (unpaired) electrons. The SMILES string of the molecule is CC1CCC(C(=O)N2CCC(C)C(O)C2)CN1. The lowest BCUT2D eigenvalue weighted by Crippen LogP contribution is -2.51. The molecule has 4 unspecified atom stereocenters. The van der Waals surface area contributed by atoms with Gasteiger partial charge in [0.1, 0.15) is 0 Å². The highest BCUT2D eigenvalue weighted by Gasteiger charge is 2.32. The van der Waals surface area contributed by atoms with Gasteiger partial charge in [-0.1, -0.05) is 6.92 Å². The average molecular weight is 240 g/mol. The molecule has 0 aromatic heterocycles. The molecule has 4 nitrogen and oxygen atoms in total. The van der Waals surface area contributed by atoms with Crippen molar-refractivity contribution < 1.29 is 9.90 Å². The molecule has 2 N–H and O–H groups in total. The first-order valence-electron chi connectivity index (χ1n) is 6.78. The number of rotatable bonds is 1. The molecule has 0 spiro atoms. The number of likely N-dealkylation sites (tertiary alicyclic amines) is 1. The quantitative estimate of drug-likeness (QED) is 0.706. The maximum atomic E-state index is 12.3. The first-order valence-corrected chi connectivity index (χ1v) is 6.78. The molecule has 0 aromatic rings. The van der Waals surface area contributed by atoms with Crippen LogP contribution in [0.15, 0.2) is 0 Å². The van der Waals surface area contributed by atoms with E-state index >= 15 is 0 Å². The van der Waals surface area contributed by atoms with Crippen LogP contribution in [0.2, 0.25) is 0 Å². The Morgan fingerprint density at radius 2 is 2.06 bits per heavy atom. The van der Waals surface area contributed by atoms with Crippen LogP contribution in [0.25, 0.3) is 0 Å². The second-order valence-electron chi connectivity index (χ2n) is 5.70.